The van der Waals surface area contributed by atoms with Crippen LogP contribution in [0.25, 0.3) is 10.2 Å². The SMILES string of the molecule is COc1ccc(S(=O)(=O)CC(=O)N(CCN(C)C)c2nc3ccc([N+](=O)[O-])cc3s2)cc1. The average Bonchev–Trinajstić information content (AvgIpc) is 3.16. The van der Waals surface area contributed by atoms with Crippen LogP contribution in [0.2, 0.25) is 0 Å². The van der Waals surface area contributed by atoms with Gasteiger partial charge in [-0.05, 0) is 44.4 Å². The smallest absolute Gasteiger partial charge is 0.270 e. The lowest BCUT2D eigenvalue weighted by molar-refractivity contribution is -0.384. The summed E-state index contributed by atoms with van der Waals surface area (Å²) in [7, 11) is 1.24. The Morgan fingerprint density at radius 1 is 1.16 bits per heavy atom. The molecule has 0 unspecified atom stereocenters. The second-order valence-electron chi connectivity index (χ2n) is 7.19. The molecule has 2 aromatic carbocycles. The molecule has 0 saturated heterocycles. The zero-order valence-electron chi connectivity index (χ0n) is 17.7. The summed E-state index contributed by atoms with van der Waals surface area (Å²) in [5.74, 6) is -0.856. The van der Waals surface area contributed by atoms with Crippen LogP contribution in [-0.2, 0) is 14.6 Å². The Bertz CT molecular complexity index is 1240. The quantitative estimate of drug-likeness (QED) is 0.340. The predicted octanol–water partition coefficient (Wildman–Crippen LogP) is 2.58. The van der Waals surface area contributed by atoms with Crippen LogP contribution < -0.4 is 9.64 Å². The molecule has 10 nitrogen and oxygen atoms in total. The molecule has 1 heterocycles. The molecule has 0 saturated carbocycles. The summed E-state index contributed by atoms with van der Waals surface area (Å²) < 4.78 is 31.2. The lowest BCUT2D eigenvalue weighted by Crippen LogP contribution is -2.40. The number of sulfone groups is 1. The molecule has 0 N–H and O–H groups in total. The van der Waals surface area contributed by atoms with E-state index < -0.39 is 26.4 Å². The lowest BCUT2D eigenvalue weighted by Gasteiger charge is -2.22. The maximum Gasteiger partial charge on any atom is 0.270 e. The summed E-state index contributed by atoms with van der Waals surface area (Å²) in [5, 5.41) is 11.3. The molecule has 0 aliphatic rings. The standard InChI is InChI=1S/C20H22N4O6S2/c1-22(2)10-11-23(20-21-17-9-4-14(24(26)27)12-18(17)31-20)19(25)13-32(28,29)16-7-5-15(30-3)6-8-16/h4-9,12H,10-11,13H2,1-3H3. The fourth-order valence-electron chi connectivity index (χ4n) is 2.86. The molecule has 3 aromatic rings. The molecule has 3 rings (SSSR count). The minimum atomic E-state index is -3.90. The predicted molar refractivity (Wildman–Crippen MR) is 122 cm³/mol. The van der Waals surface area contributed by atoms with Crippen LogP contribution in [0.1, 0.15) is 0 Å². The normalized spacial score (nSPS) is 11.6. The minimum absolute atomic E-state index is 0.0131. The Labute approximate surface area is 189 Å². The molecule has 0 spiro atoms. The van der Waals surface area contributed by atoms with Crippen LogP contribution in [0.15, 0.2) is 47.4 Å². The first kappa shape index (κ1) is 23.6. The first-order chi connectivity index (χ1) is 15.1. The highest BCUT2D eigenvalue weighted by Gasteiger charge is 2.27. The van der Waals surface area contributed by atoms with Gasteiger partial charge in [0, 0.05) is 25.2 Å². The number of anilines is 1. The number of carbonyl (C=O) groups is 1. The van der Waals surface area contributed by atoms with Crippen molar-refractivity contribution in [1.82, 2.24) is 9.88 Å². The van der Waals surface area contributed by atoms with E-state index in [-0.39, 0.29) is 22.3 Å². The highest BCUT2D eigenvalue weighted by atomic mass is 32.2. The van der Waals surface area contributed by atoms with Gasteiger partial charge in [-0.1, -0.05) is 11.3 Å². The molecule has 12 heteroatoms. The van der Waals surface area contributed by atoms with Crippen molar-refractivity contribution in [2.75, 3.05) is 44.9 Å². The molecule has 0 radical (unpaired) electrons. The van der Waals surface area contributed by atoms with Gasteiger partial charge in [0.25, 0.3) is 5.69 Å². The van der Waals surface area contributed by atoms with Gasteiger partial charge in [-0.15, -0.1) is 0 Å². The van der Waals surface area contributed by atoms with E-state index >= 15 is 0 Å². The number of rotatable bonds is 9. The summed E-state index contributed by atoms with van der Waals surface area (Å²) in [5.41, 5.74) is 0.414. The van der Waals surface area contributed by atoms with E-state index in [4.69, 9.17) is 4.74 Å². The third-order valence-corrected chi connectivity index (χ3v) is 7.26. The number of hydrogen-bond donors (Lipinski definition) is 0. The van der Waals surface area contributed by atoms with Gasteiger partial charge in [-0.3, -0.25) is 19.8 Å². The topological polar surface area (TPSA) is 123 Å². The summed E-state index contributed by atoms with van der Waals surface area (Å²) in [6, 6.07) is 10.1. The molecule has 0 fully saturated rings. The van der Waals surface area contributed by atoms with Crippen molar-refractivity contribution >= 4 is 48.1 Å². The summed E-state index contributed by atoms with van der Waals surface area (Å²) in [4.78, 5) is 31.2. The number of nitrogens with zero attached hydrogens (tertiary/aromatic N) is 4. The van der Waals surface area contributed by atoms with Gasteiger partial charge in [-0.2, -0.15) is 0 Å². The minimum Gasteiger partial charge on any atom is -0.497 e. The van der Waals surface area contributed by atoms with Crippen molar-refractivity contribution < 1.29 is 22.9 Å². The van der Waals surface area contributed by atoms with Crippen molar-refractivity contribution in [3.8, 4) is 5.75 Å². The Morgan fingerprint density at radius 2 is 1.84 bits per heavy atom. The van der Waals surface area contributed by atoms with Gasteiger partial charge < -0.3 is 9.64 Å². The molecular weight excluding hydrogens is 456 g/mol. The second kappa shape index (κ2) is 9.59. The molecule has 0 aliphatic heterocycles. The number of non-ortho nitro benzene ring substituents is 1. The summed E-state index contributed by atoms with van der Waals surface area (Å²) in [6.07, 6.45) is 0. The lowest BCUT2D eigenvalue weighted by atomic mass is 10.3. The second-order valence-corrected chi connectivity index (χ2v) is 10.2. The van der Waals surface area contributed by atoms with Crippen LogP contribution in [-0.4, -0.2) is 69.2 Å². The molecule has 1 amide bonds. The third kappa shape index (κ3) is 5.39. The molecule has 0 atom stereocenters. The van der Waals surface area contributed by atoms with E-state index in [1.807, 2.05) is 19.0 Å². The maximum atomic E-state index is 13.1. The number of ether oxygens (including phenoxy) is 1. The van der Waals surface area contributed by atoms with Crippen molar-refractivity contribution in [3.05, 3.63) is 52.6 Å². The maximum absolute atomic E-state index is 13.1. The van der Waals surface area contributed by atoms with E-state index in [1.54, 1.807) is 0 Å². The number of fused-ring (bicyclic) bond motifs is 1. The zero-order chi connectivity index (χ0) is 23.5. The zero-order valence-corrected chi connectivity index (χ0v) is 19.4. The highest BCUT2D eigenvalue weighted by molar-refractivity contribution is 7.92. The van der Waals surface area contributed by atoms with Crippen molar-refractivity contribution in [1.29, 1.82) is 0 Å². The first-order valence-corrected chi connectivity index (χ1v) is 11.9. The van der Waals surface area contributed by atoms with Crippen LogP contribution in [0, 0.1) is 10.1 Å². The Kier molecular flexibility index (Phi) is 7.06. The molecule has 1 aromatic heterocycles. The van der Waals surface area contributed by atoms with E-state index in [9.17, 15) is 23.3 Å². The number of carbonyl (C=O) groups excluding carboxylic acids is 1. The number of thiazole rings is 1. The molecule has 0 aliphatic carbocycles. The number of nitro groups is 1. The third-order valence-electron chi connectivity index (χ3n) is 4.61. The van der Waals surface area contributed by atoms with Gasteiger partial charge in [0.15, 0.2) is 15.0 Å². The van der Waals surface area contributed by atoms with Gasteiger partial charge in [-0.25, -0.2) is 13.4 Å². The highest BCUT2D eigenvalue weighted by Crippen LogP contribution is 2.32. The number of methoxy groups -OCH3 is 1. The Morgan fingerprint density at radius 3 is 2.44 bits per heavy atom. The van der Waals surface area contributed by atoms with Crippen LogP contribution in [0.3, 0.4) is 0 Å². The molecule has 0 bridgehead atoms. The van der Waals surface area contributed by atoms with Crippen molar-refractivity contribution in [2.24, 2.45) is 0 Å². The van der Waals surface area contributed by atoms with E-state index in [1.165, 1.54) is 54.5 Å². The Balaban J connectivity index is 1.91. The largest absolute Gasteiger partial charge is 0.497 e. The Hall–Kier alpha value is -3.09. The van der Waals surface area contributed by atoms with Gasteiger partial charge in [0.1, 0.15) is 11.5 Å². The molecular formula is C20H22N4O6S2. The number of aromatic nitrogens is 1. The fourth-order valence-corrected chi connectivity index (χ4v) is 5.10. The fraction of sp³-hybridized carbons (Fsp3) is 0.300. The first-order valence-electron chi connectivity index (χ1n) is 9.47. The van der Waals surface area contributed by atoms with Crippen LogP contribution in [0.5, 0.6) is 5.75 Å². The molecule has 32 heavy (non-hydrogen) atoms. The molecule has 170 valence electrons. The van der Waals surface area contributed by atoms with E-state index in [0.29, 0.717) is 22.5 Å². The van der Waals surface area contributed by atoms with Gasteiger partial charge in [0.05, 0.1) is 27.1 Å². The van der Waals surface area contributed by atoms with Crippen molar-refractivity contribution in [3.63, 3.8) is 0 Å². The number of benzene rings is 2. The number of nitro benzene ring substituents is 1. The van der Waals surface area contributed by atoms with Crippen molar-refractivity contribution in [2.45, 2.75) is 4.90 Å². The number of amides is 1. The average molecular weight is 479 g/mol. The van der Waals surface area contributed by atoms with Crippen LogP contribution in [0.4, 0.5) is 10.8 Å². The number of likely N-dealkylation sites (N-methyl/N-ethyl adjacent to an activating group) is 1. The summed E-state index contributed by atoms with van der Waals surface area (Å²) >= 11 is 1.10. The monoisotopic (exact) mass is 478 g/mol. The van der Waals surface area contributed by atoms with Crippen LogP contribution >= 0.6 is 11.3 Å². The van der Waals surface area contributed by atoms with E-state index in [0.717, 1.165) is 11.3 Å². The summed E-state index contributed by atoms with van der Waals surface area (Å²) in [6.45, 7) is 0.691. The van der Waals surface area contributed by atoms with Gasteiger partial charge in [0.2, 0.25) is 5.91 Å². The van der Waals surface area contributed by atoms with E-state index in [2.05, 4.69) is 4.98 Å². The van der Waals surface area contributed by atoms with Gasteiger partial charge >= 0.3 is 0 Å². The number of hydrogen-bond acceptors (Lipinski definition) is 9.